The molecular weight excluding hydrogens is 255 g/mol. The molecule has 17 heavy (non-hydrogen) atoms. The second-order valence-electron chi connectivity index (χ2n) is 4.38. The van der Waals surface area contributed by atoms with Crippen LogP contribution in [-0.4, -0.2) is 32.1 Å². The fourth-order valence-corrected chi connectivity index (χ4v) is 2.26. The van der Waals surface area contributed by atoms with Crippen molar-refractivity contribution in [3.8, 4) is 0 Å². The zero-order chi connectivity index (χ0) is 12.8. The van der Waals surface area contributed by atoms with E-state index in [1.54, 1.807) is 6.07 Å². The van der Waals surface area contributed by atoms with E-state index < -0.39 is 0 Å². The molecule has 0 spiro atoms. The van der Waals surface area contributed by atoms with Gasteiger partial charge in [-0.25, -0.2) is 0 Å². The lowest BCUT2D eigenvalue weighted by atomic mass is 10.0. The zero-order valence-corrected chi connectivity index (χ0v) is 12.1. The highest BCUT2D eigenvalue weighted by molar-refractivity contribution is 6.35. The average molecular weight is 275 g/mol. The summed E-state index contributed by atoms with van der Waals surface area (Å²) in [4.78, 5) is 2.16. The predicted octanol–water partition coefficient (Wildman–Crippen LogP) is 3.60. The Labute approximate surface area is 114 Å². The van der Waals surface area contributed by atoms with Crippen LogP contribution in [0.1, 0.15) is 24.9 Å². The van der Waals surface area contributed by atoms with E-state index in [4.69, 9.17) is 23.2 Å². The minimum Gasteiger partial charge on any atom is -0.309 e. The molecule has 0 radical (unpaired) electrons. The minimum atomic E-state index is 0.291. The number of nitrogens with one attached hydrogen (secondary N) is 1. The van der Waals surface area contributed by atoms with Crippen molar-refractivity contribution >= 4 is 23.2 Å². The molecule has 0 aromatic heterocycles. The van der Waals surface area contributed by atoms with Crippen LogP contribution >= 0.6 is 23.2 Å². The molecule has 1 rings (SSSR count). The van der Waals surface area contributed by atoms with Crippen LogP contribution < -0.4 is 5.32 Å². The lowest BCUT2D eigenvalue weighted by molar-refractivity contribution is 0.382. The van der Waals surface area contributed by atoms with E-state index in [0.29, 0.717) is 11.1 Å². The average Bonchev–Trinajstić information content (AvgIpc) is 2.25. The van der Waals surface area contributed by atoms with E-state index in [9.17, 15) is 0 Å². The van der Waals surface area contributed by atoms with E-state index in [0.717, 1.165) is 30.1 Å². The van der Waals surface area contributed by atoms with Gasteiger partial charge in [-0.3, -0.25) is 0 Å². The van der Waals surface area contributed by atoms with E-state index >= 15 is 0 Å². The molecule has 1 aromatic rings. The van der Waals surface area contributed by atoms with Gasteiger partial charge in [0.2, 0.25) is 0 Å². The highest BCUT2D eigenvalue weighted by Crippen LogP contribution is 2.27. The Morgan fingerprint density at radius 2 is 2.00 bits per heavy atom. The summed E-state index contributed by atoms with van der Waals surface area (Å²) in [5.41, 5.74) is 1.12. The van der Waals surface area contributed by atoms with Gasteiger partial charge in [-0.1, -0.05) is 36.2 Å². The molecule has 0 amide bonds. The Bertz CT molecular complexity index is 353. The Morgan fingerprint density at radius 1 is 1.29 bits per heavy atom. The summed E-state index contributed by atoms with van der Waals surface area (Å²) in [7, 11) is 4.13. The van der Waals surface area contributed by atoms with Crippen LogP contribution in [0.15, 0.2) is 18.2 Å². The van der Waals surface area contributed by atoms with Crippen molar-refractivity contribution in [2.45, 2.75) is 19.4 Å². The van der Waals surface area contributed by atoms with Crippen LogP contribution in [0.4, 0.5) is 0 Å². The maximum absolute atomic E-state index is 6.21. The molecule has 96 valence electrons. The number of halogens is 2. The third-order valence-electron chi connectivity index (χ3n) is 2.70. The Hall–Kier alpha value is -0.280. The van der Waals surface area contributed by atoms with Gasteiger partial charge in [0, 0.05) is 29.2 Å². The number of rotatable bonds is 6. The van der Waals surface area contributed by atoms with Gasteiger partial charge >= 0.3 is 0 Å². The number of nitrogens with zero attached hydrogens (tertiary/aromatic N) is 1. The summed E-state index contributed by atoms with van der Waals surface area (Å²) < 4.78 is 0. The summed E-state index contributed by atoms with van der Waals surface area (Å²) in [6, 6.07) is 5.98. The molecule has 0 saturated heterocycles. The monoisotopic (exact) mass is 274 g/mol. The molecule has 0 aliphatic carbocycles. The van der Waals surface area contributed by atoms with Crippen molar-refractivity contribution in [1.82, 2.24) is 10.2 Å². The lowest BCUT2D eigenvalue weighted by Crippen LogP contribution is -2.29. The fourth-order valence-electron chi connectivity index (χ4n) is 1.72. The quantitative estimate of drug-likeness (QED) is 0.853. The number of hydrogen-bond donors (Lipinski definition) is 1. The molecule has 1 N–H and O–H groups in total. The first-order valence-corrected chi connectivity index (χ1v) is 6.63. The summed E-state index contributed by atoms with van der Waals surface area (Å²) in [6.45, 7) is 4.12. The molecule has 0 aliphatic rings. The van der Waals surface area contributed by atoms with Crippen molar-refractivity contribution in [2.75, 3.05) is 27.2 Å². The van der Waals surface area contributed by atoms with E-state index in [1.807, 2.05) is 12.1 Å². The van der Waals surface area contributed by atoms with Crippen molar-refractivity contribution in [3.05, 3.63) is 33.8 Å². The molecule has 2 nitrogen and oxygen atoms in total. The van der Waals surface area contributed by atoms with Crippen molar-refractivity contribution < 1.29 is 0 Å². The van der Waals surface area contributed by atoms with Gasteiger partial charge in [0.15, 0.2) is 0 Å². The smallest absolute Gasteiger partial charge is 0.0468 e. The van der Waals surface area contributed by atoms with Crippen LogP contribution in [0.3, 0.4) is 0 Å². The van der Waals surface area contributed by atoms with Gasteiger partial charge in [0.05, 0.1) is 0 Å². The van der Waals surface area contributed by atoms with E-state index in [-0.39, 0.29) is 0 Å². The summed E-state index contributed by atoms with van der Waals surface area (Å²) in [6.07, 6.45) is 1.01. The normalized spacial score (nSPS) is 13.1. The van der Waals surface area contributed by atoms with E-state index in [1.165, 1.54) is 0 Å². The Balaban J connectivity index is 2.66. The third kappa shape index (κ3) is 4.84. The van der Waals surface area contributed by atoms with Crippen LogP contribution in [0.25, 0.3) is 0 Å². The van der Waals surface area contributed by atoms with Gasteiger partial charge in [-0.2, -0.15) is 0 Å². The van der Waals surface area contributed by atoms with Crippen molar-refractivity contribution in [2.24, 2.45) is 0 Å². The molecule has 0 fully saturated rings. The summed E-state index contributed by atoms with van der Waals surface area (Å²) >= 11 is 12.1. The van der Waals surface area contributed by atoms with Crippen molar-refractivity contribution in [1.29, 1.82) is 0 Å². The summed E-state index contributed by atoms with van der Waals surface area (Å²) in [5.74, 6) is 0. The lowest BCUT2D eigenvalue weighted by Gasteiger charge is -2.20. The number of hydrogen-bond acceptors (Lipinski definition) is 2. The molecule has 0 bridgehead atoms. The topological polar surface area (TPSA) is 15.3 Å². The molecule has 1 atom stereocenters. The Morgan fingerprint density at radius 3 is 2.53 bits per heavy atom. The van der Waals surface area contributed by atoms with Gasteiger partial charge in [-0.05, 0) is 38.2 Å². The van der Waals surface area contributed by atoms with Crippen LogP contribution in [0.5, 0.6) is 0 Å². The van der Waals surface area contributed by atoms with Gasteiger partial charge in [0.1, 0.15) is 0 Å². The zero-order valence-electron chi connectivity index (χ0n) is 10.6. The van der Waals surface area contributed by atoms with Gasteiger partial charge < -0.3 is 10.2 Å². The van der Waals surface area contributed by atoms with Gasteiger partial charge in [-0.15, -0.1) is 0 Å². The first kappa shape index (κ1) is 14.8. The highest BCUT2D eigenvalue weighted by atomic mass is 35.5. The standard InChI is InChI=1S/C13H20Cl2N2/c1-4-13(16-7-8-17(2)3)11-6-5-10(14)9-12(11)15/h5-6,9,13,16H,4,7-8H2,1-3H3. The molecule has 4 heteroatoms. The molecule has 0 heterocycles. The van der Waals surface area contributed by atoms with Crippen LogP contribution in [0, 0.1) is 0 Å². The molecule has 1 unspecified atom stereocenters. The second kappa shape index (κ2) is 7.22. The molecule has 0 aliphatic heterocycles. The minimum absolute atomic E-state index is 0.291. The van der Waals surface area contributed by atoms with Gasteiger partial charge in [0.25, 0.3) is 0 Å². The fraction of sp³-hybridized carbons (Fsp3) is 0.538. The maximum Gasteiger partial charge on any atom is 0.0468 e. The van der Waals surface area contributed by atoms with Crippen LogP contribution in [0.2, 0.25) is 10.0 Å². The van der Waals surface area contributed by atoms with Crippen molar-refractivity contribution in [3.63, 3.8) is 0 Å². The maximum atomic E-state index is 6.21. The third-order valence-corrected chi connectivity index (χ3v) is 3.26. The molecule has 0 saturated carbocycles. The first-order chi connectivity index (χ1) is 8.04. The number of benzene rings is 1. The molecular formula is C13H20Cl2N2. The SMILES string of the molecule is CCC(NCCN(C)C)c1ccc(Cl)cc1Cl. The highest BCUT2D eigenvalue weighted by Gasteiger charge is 2.12. The molecule has 1 aromatic carbocycles. The largest absolute Gasteiger partial charge is 0.309 e. The number of likely N-dealkylation sites (N-methyl/N-ethyl adjacent to an activating group) is 1. The van der Waals surface area contributed by atoms with E-state index in [2.05, 4.69) is 31.2 Å². The predicted molar refractivity (Wildman–Crippen MR) is 76.1 cm³/mol. The first-order valence-electron chi connectivity index (χ1n) is 5.87. The Kier molecular flexibility index (Phi) is 6.28. The summed E-state index contributed by atoms with van der Waals surface area (Å²) in [5, 5.41) is 4.93. The second-order valence-corrected chi connectivity index (χ2v) is 5.23. The van der Waals surface area contributed by atoms with Crippen LogP contribution in [-0.2, 0) is 0 Å².